The van der Waals surface area contributed by atoms with Crippen LogP contribution in [0.4, 0.5) is 0 Å². The molecular formula is C21H23ClN6. The van der Waals surface area contributed by atoms with Gasteiger partial charge in [0.1, 0.15) is 11.6 Å². The van der Waals surface area contributed by atoms with Crippen LogP contribution in [-0.2, 0) is 13.1 Å². The van der Waals surface area contributed by atoms with E-state index < -0.39 is 0 Å². The summed E-state index contributed by atoms with van der Waals surface area (Å²) in [5.74, 6) is 3.92. The van der Waals surface area contributed by atoms with E-state index >= 15 is 0 Å². The summed E-state index contributed by atoms with van der Waals surface area (Å²) in [6.07, 6.45) is 8.02. The first kappa shape index (κ1) is 17.8. The highest BCUT2D eigenvalue weighted by Gasteiger charge is 2.31. The molecule has 5 rings (SSSR count). The average molecular weight is 395 g/mol. The lowest BCUT2D eigenvalue weighted by atomic mass is 9.81. The number of fused-ring (bicyclic) bond motifs is 3. The standard InChI is InChI=1S/C21H23ClN6/c1-27-12-16-11-17(22)7-8-18(16)28-19(13-27)25-26-21(28)15-5-3-14(4-6-15)20-23-9-2-10-24-20/h2,7-11,14-15H,3-6,12-13H2,1H3/t14-,15-. The van der Waals surface area contributed by atoms with E-state index in [-0.39, 0.29) is 0 Å². The van der Waals surface area contributed by atoms with Gasteiger partial charge in [0, 0.05) is 35.8 Å². The molecule has 0 unspecified atom stereocenters. The van der Waals surface area contributed by atoms with Crippen LogP contribution in [0.25, 0.3) is 5.69 Å². The van der Waals surface area contributed by atoms with Crippen LogP contribution in [0.2, 0.25) is 5.02 Å². The summed E-state index contributed by atoms with van der Waals surface area (Å²) in [6.45, 7) is 1.64. The second kappa shape index (κ2) is 7.26. The van der Waals surface area contributed by atoms with E-state index in [1.54, 1.807) is 0 Å². The fourth-order valence-electron chi connectivity index (χ4n) is 4.58. The van der Waals surface area contributed by atoms with Crippen LogP contribution in [0, 0.1) is 0 Å². The van der Waals surface area contributed by atoms with Crippen molar-refractivity contribution in [2.45, 2.75) is 50.6 Å². The van der Waals surface area contributed by atoms with Crippen LogP contribution >= 0.6 is 11.6 Å². The van der Waals surface area contributed by atoms with Crippen molar-refractivity contribution in [3.8, 4) is 5.69 Å². The maximum Gasteiger partial charge on any atom is 0.151 e. The third-order valence-corrected chi connectivity index (χ3v) is 6.17. The first-order valence-electron chi connectivity index (χ1n) is 9.87. The number of nitrogens with zero attached hydrogens (tertiary/aromatic N) is 6. The lowest BCUT2D eigenvalue weighted by Gasteiger charge is -2.27. The van der Waals surface area contributed by atoms with Crippen LogP contribution < -0.4 is 0 Å². The van der Waals surface area contributed by atoms with E-state index in [2.05, 4.69) is 48.8 Å². The van der Waals surface area contributed by atoms with Gasteiger partial charge in [-0.1, -0.05) is 11.6 Å². The third-order valence-electron chi connectivity index (χ3n) is 5.93. The third kappa shape index (κ3) is 3.20. The predicted octanol–water partition coefficient (Wildman–Crippen LogP) is 4.10. The Morgan fingerprint density at radius 1 is 0.964 bits per heavy atom. The first-order chi connectivity index (χ1) is 13.7. The molecule has 1 aromatic carbocycles. The smallest absolute Gasteiger partial charge is 0.151 e. The normalized spacial score (nSPS) is 22.4. The van der Waals surface area contributed by atoms with Gasteiger partial charge in [0.2, 0.25) is 0 Å². The highest BCUT2D eigenvalue weighted by atomic mass is 35.5. The Morgan fingerprint density at radius 2 is 1.71 bits per heavy atom. The van der Waals surface area contributed by atoms with Gasteiger partial charge in [0.25, 0.3) is 0 Å². The van der Waals surface area contributed by atoms with Crippen molar-refractivity contribution in [2.75, 3.05) is 7.05 Å². The Morgan fingerprint density at radius 3 is 2.50 bits per heavy atom. The number of aromatic nitrogens is 5. The molecule has 1 aliphatic heterocycles. The summed E-state index contributed by atoms with van der Waals surface area (Å²) in [5.41, 5.74) is 2.39. The lowest BCUT2D eigenvalue weighted by Crippen LogP contribution is -2.18. The van der Waals surface area contributed by atoms with Crippen molar-refractivity contribution in [1.82, 2.24) is 29.6 Å². The zero-order chi connectivity index (χ0) is 19.1. The minimum Gasteiger partial charge on any atom is -0.295 e. The Balaban J connectivity index is 1.45. The van der Waals surface area contributed by atoms with Gasteiger partial charge in [-0.25, -0.2) is 9.97 Å². The van der Waals surface area contributed by atoms with E-state index in [9.17, 15) is 0 Å². The Bertz CT molecular complexity index is 978. The molecule has 2 aromatic heterocycles. The van der Waals surface area contributed by atoms with Gasteiger partial charge in [0.15, 0.2) is 5.82 Å². The van der Waals surface area contributed by atoms with Crippen molar-refractivity contribution in [1.29, 1.82) is 0 Å². The SMILES string of the molecule is CN1Cc2cc(Cl)ccc2-n2c(nnc2[C@H]2CC[C@H](c3ncccn3)CC2)C1. The van der Waals surface area contributed by atoms with Crippen molar-refractivity contribution in [3.05, 3.63) is 64.7 Å². The second-order valence-electron chi connectivity index (χ2n) is 7.91. The molecule has 6 nitrogen and oxygen atoms in total. The highest BCUT2D eigenvalue weighted by molar-refractivity contribution is 6.30. The van der Waals surface area contributed by atoms with Crippen LogP contribution in [-0.4, -0.2) is 36.7 Å². The molecule has 1 fully saturated rings. The molecule has 0 radical (unpaired) electrons. The largest absolute Gasteiger partial charge is 0.295 e. The second-order valence-corrected chi connectivity index (χ2v) is 8.35. The molecule has 2 aliphatic rings. The van der Waals surface area contributed by atoms with Crippen molar-refractivity contribution in [2.24, 2.45) is 0 Å². The van der Waals surface area contributed by atoms with Gasteiger partial charge in [-0.05, 0) is 62.6 Å². The van der Waals surface area contributed by atoms with E-state index in [1.807, 2.05) is 24.5 Å². The quantitative estimate of drug-likeness (QED) is 0.655. The monoisotopic (exact) mass is 394 g/mol. The van der Waals surface area contributed by atoms with Gasteiger partial charge in [-0.2, -0.15) is 0 Å². The maximum atomic E-state index is 6.27. The molecule has 28 heavy (non-hydrogen) atoms. The predicted molar refractivity (Wildman–Crippen MR) is 108 cm³/mol. The van der Waals surface area contributed by atoms with Gasteiger partial charge in [-0.3, -0.25) is 9.47 Å². The molecule has 7 heteroatoms. The first-order valence-corrected chi connectivity index (χ1v) is 10.3. The lowest BCUT2D eigenvalue weighted by molar-refractivity contribution is 0.315. The Kier molecular flexibility index (Phi) is 4.61. The van der Waals surface area contributed by atoms with E-state index in [1.165, 1.54) is 5.56 Å². The minimum atomic E-state index is 0.410. The van der Waals surface area contributed by atoms with Crippen molar-refractivity contribution < 1.29 is 0 Å². The van der Waals surface area contributed by atoms with Gasteiger partial charge >= 0.3 is 0 Å². The van der Waals surface area contributed by atoms with Crippen molar-refractivity contribution in [3.63, 3.8) is 0 Å². The van der Waals surface area contributed by atoms with E-state index in [4.69, 9.17) is 11.6 Å². The fraction of sp³-hybridized carbons (Fsp3) is 0.429. The topological polar surface area (TPSA) is 59.7 Å². The zero-order valence-electron chi connectivity index (χ0n) is 15.9. The average Bonchev–Trinajstić information content (AvgIpc) is 3.06. The molecule has 144 valence electrons. The van der Waals surface area contributed by atoms with Gasteiger partial charge < -0.3 is 0 Å². The zero-order valence-corrected chi connectivity index (χ0v) is 16.7. The number of benzene rings is 1. The molecule has 0 spiro atoms. The van der Waals surface area contributed by atoms with Crippen LogP contribution in [0.15, 0.2) is 36.7 Å². The van der Waals surface area contributed by atoms with Gasteiger partial charge in [-0.15, -0.1) is 10.2 Å². The summed E-state index contributed by atoms with van der Waals surface area (Å²) in [4.78, 5) is 11.2. The molecule has 0 atom stereocenters. The molecule has 0 amide bonds. The number of hydrogen-bond donors (Lipinski definition) is 0. The number of rotatable bonds is 2. The summed E-state index contributed by atoms with van der Waals surface area (Å²) >= 11 is 6.27. The Hall–Kier alpha value is -2.31. The van der Waals surface area contributed by atoms with Gasteiger partial charge in [0.05, 0.1) is 12.2 Å². The number of hydrogen-bond acceptors (Lipinski definition) is 5. The molecule has 1 aliphatic carbocycles. The molecule has 1 saturated carbocycles. The van der Waals surface area contributed by atoms with Crippen LogP contribution in [0.3, 0.4) is 0 Å². The molecular weight excluding hydrogens is 372 g/mol. The minimum absolute atomic E-state index is 0.410. The summed E-state index contributed by atoms with van der Waals surface area (Å²) < 4.78 is 2.28. The summed E-state index contributed by atoms with van der Waals surface area (Å²) in [7, 11) is 2.11. The van der Waals surface area contributed by atoms with Crippen LogP contribution in [0.1, 0.15) is 60.6 Å². The maximum absolute atomic E-state index is 6.27. The van der Waals surface area contributed by atoms with Crippen molar-refractivity contribution >= 4 is 11.6 Å². The van der Waals surface area contributed by atoms with Crippen LogP contribution in [0.5, 0.6) is 0 Å². The molecule has 3 aromatic rings. The van der Waals surface area contributed by atoms with E-state index in [0.29, 0.717) is 11.8 Å². The highest BCUT2D eigenvalue weighted by Crippen LogP contribution is 2.40. The molecule has 0 saturated heterocycles. The fourth-order valence-corrected chi connectivity index (χ4v) is 4.77. The molecule has 3 heterocycles. The molecule has 0 N–H and O–H groups in total. The number of halogens is 1. The Labute approximate surface area is 169 Å². The van der Waals surface area contributed by atoms with E-state index in [0.717, 1.165) is 67.0 Å². The summed E-state index contributed by atoms with van der Waals surface area (Å²) in [6, 6.07) is 8.01. The molecule has 0 bridgehead atoms. The summed E-state index contributed by atoms with van der Waals surface area (Å²) in [5, 5.41) is 9.97.